The molecule has 0 aliphatic rings. The summed E-state index contributed by atoms with van der Waals surface area (Å²) in [5, 5.41) is 3.22. The predicted octanol–water partition coefficient (Wildman–Crippen LogP) is 0.919. The molecule has 0 saturated heterocycles. The van der Waals surface area contributed by atoms with E-state index in [1.807, 2.05) is 13.8 Å². The van der Waals surface area contributed by atoms with Crippen molar-refractivity contribution in [1.82, 2.24) is 5.32 Å². The molecule has 0 aromatic heterocycles. The fourth-order valence-electron chi connectivity index (χ4n) is 0.759. The second-order valence-electron chi connectivity index (χ2n) is 2.98. The lowest BCUT2D eigenvalue weighted by molar-refractivity contribution is 0.616. The molecular formula is C8H17NOS. The zero-order chi connectivity index (χ0) is 8.85. The molecule has 0 aliphatic carbocycles. The molecule has 0 aromatic rings. The molecule has 0 rings (SSSR count). The minimum absolute atomic E-state index is 0.317. The van der Waals surface area contributed by atoms with Crippen LogP contribution in [0.1, 0.15) is 13.8 Å². The zero-order valence-corrected chi connectivity index (χ0v) is 8.33. The van der Waals surface area contributed by atoms with E-state index in [2.05, 4.69) is 11.9 Å². The highest BCUT2D eigenvalue weighted by Gasteiger charge is 2.01. The Bertz CT molecular complexity index is 156. The second kappa shape index (κ2) is 5.49. The molecule has 11 heavy (non-hydrogen) atoms. The third kappa shape index (κ3) is 7.75. The van der Waals surface area contributed by atoms with Crippen LogP contribution in [0.4, 0.5) is 0 Å². The number of hydrogen-bond acceptors (Lipinski definition) is 2. The van der Waals surface area contributed by atoms with Crippen molar-refractivity contribution in [3.63, 3.8) is 0 Å². The fraction of sp³-hybridized carbons (Fsp3) is 0.750. The van der Waals surface area contributed by atoms with Crippen LogP contribution in [0.2, 0.25) is 0 Å². The Labute approximate surface area is 71.5 Å². The molecule has 66 valence electrons. The van der Waals surface area contributed by atoms with Crippen LogP contribution in [0.3, 0.4) is 0 Å². The van der Waals surface area contributed by atoms with Gasteiger partial charge in [-0.25, -0.2) is 0 Å². The number of hydrogen-bond donors (Lipinski definition) is 1. The van der Waals surface area contributed by atoms with Gasteiger partial charge in [0.25, 0.3) is 0 Å². The van der Waals surface area contributed by atoms with Crippen molar-refractivity contribution < 1.29 is 4.21 Å². The Morgan fingerprint density at radius 3 is 2.64 bits per heavy atom. The second-order valence-corrected chi connectivity index (χ2v) is 4.46. The highest BCUT2D eigenvalue weighted by atomic mass is 32.2. The summed E-state index contributed by atoms with van der Waals surface area (Å²) in [7, 11) is -0.703. The largest absolute Gasteiger partial charge is 0.310 e. The smallest absolute Gasteiger partial charge is 0.0383 e. The average Bonchev–Trinajstić information content (AvgIpc) is 1.82. The van der Waals surface area contributed by atoms with Crippen molar-refractivity contribution in [1.29, 1.82) is 0 Å². The fourth-order valence-corrected chi connectivity index (χ4v) is 1.58. The molecule has 0 fully saturated rings. The maximum absolute atomic E-state index is 10.7. The molecule has 2 unspecified atom stereocenters. The quantitative estimate of drug-likeness (QED) is 0.630. The summed E-state index contributed by atoms with van der Waals surface area (Å²) in [5.41, 5.74) is 1.11. The summed E-state index contributed by atoms with van der Waals surface area (Å²) >= 11 is 0. The van der Waals surface area contributed by atoms with E-state index in [1.165, 1.54) is 0 Å². The molecular weight excluding hydrogens is 158 g/mol. The van der Waals surface area contributed by atoms with Crippen LogP contribution in [0.5, 0.6) is 0 Å². The van der Waals surface area contributed by atoms with E-state index in [-0.39, 0.29) is 0 Å². The van der Waals surface area contributed by atoms with Gasteiger partial charge in [-0.15, -0.1) is 0 Å². The van der Waals surface area contributed by atoms with Crippen molar-refractivity contribution in [2.24, 2.45) is 0 Å². The number of nitrogens with one attached hydrogen (secondary N) is 1. The monoisotopic (exact) mass is 175 g/mol. The van der Waals surface area contributed by atoms with Crippen LogP contribution in [0.15, 0.2) is 12.2 Å². The lowest BCUT2D eigenvalue weighted by Gasteiger charge is -2.11. The van der Waals surface area contributed by atoms with Gasteiger partial charge in [0.2, 0.25) is 0 Å². The summed E-state index contributed by atoms with van der Waals surface area (Å²) in [6.07, 6.45) is 1.72. The van der Waals surface area contributed by atoms with Gasteiger partial charge in [0.05, 0.1) is 0 Å². The van der Waals surface area contributed by atoms with Crippen LogP contribution in [-0.2, 0) is 10.8 Å². The summed E-state index contributed by atoms with van der Waals surface area (Å²) in [6.45, 7) is 8.59. The minimum atomic E-state index is -0.703. The zero-order valence-electron chi connectivity index (χ0n) is 7.52. The first kappa shape index (κ1) is 10.8. The average molecular weight is 175 g/mol. The molecule has 1 N–H and O–H groups in total. The topological polar surface area (TPSA) is 29.1 Å². The van der Waals surface area contributed by atoms with Crippen LogP contribution in [-0.4, -0.2) is 28.8 Å². The maximum Gasteiger partial charge on any atom is 0.0383 e. The first-order valence-corrected chi connectivity index (χ1v) is 5.43. The molecule has 2 nitrogen and oxygen atoms in total. The van der Waals surface area contributed by atoms with Crippen LogP contribution >= 0.6 is 0 Å². The Morgan fingerprint density at radius 2 is 2.27 bits per heavy atom. The Kier molecular flexibility index (Phi) is 5.42. The summed E-state index contributed by atoms with van der Waals surface area (Å²) in [5.74, 6) is 0.716. The van der Waals surface area contributed by atoms with E-state index in [9.17, 15) is 4.21 Å². The van der Waals surface area contributed by atoms with Crippen LogP contribution in [0, 0.1) is 0 Å². The van der Waals surface area contributed by atoms with Gasteiger partial charge >= 0.3 is 0 Å². The Morgan fingerprint density at radius 1 is 1.73 bits per heavy atom. The molecule has 3 heteroatoms. The summed E-state index contributed by atoms with van der Waals surface area (Å²) in [6, 6.07) is 0.317. The first-order chi connectivity index (χ1) is 5.02. The number of rotatable bonds is 5. The highest BCUT2D eigenvalue weighted by molar-refractivity contribution is 7.84. The van der Waals surface area contributed by atoms with E-state index < -0.39 is 10.8 Å². The molecule has 0 radical (unpaired) electrons. The van der Waals surface area contributed by atoms with Crippen molar-refractivity contribution in [3.05, 3.63) is 12.2 Å². The molecule has 0 bridgehead atoms. The van der Waals surface area contributed by atoms with Gasteiger partial charge in [-0.05, 0) is 13.8 Å². The van der Waals surface area contributed by atoms with Crippen molar-refractivity contribution in [2.75, 3.05) is 18.6 Å². The van der Waals surface area contributed by atoms with Gasteiger partial charge in [-0.1, -0.05) is 12.2 Å². The maximum atomic E-state index is 10.7. The lowest BCUT2D eigenvalue weighted by atomic mass is 10.3. The van der Waals surface area contributed by atoms with E-state index >= 15 is 0 Å². The lowest BCUT2D eigenvalue weighted by Crippen LogP contribution is -2.31. The molecule has 0 spiro atoms. The van der Waals surface area contributed by atoms with Gasteiger partial charge in [0, 0.05) is 35.4 Å². The molecule has 0 aliphatic heterocycles. The molecule has 2 atom stereocenters. The van der Waals surface area contributed by atoms with E-state index in [0.29, 0.717) is 11.8 Å². The SMILES string of the molecule is C=C(C)CNC(C)CS(C)=O. The third-order valence-corrected chi connectivity index (χ3v) is 2.21. The molecule has 0 saturated carbocycles. The Balaban J connectivity index is 3.44. The van der Waals surface area contributed by atoms with Crippen molar-refractivity contribution >= 4 is 10.8 Å². The standard InChI is InChI=1S/C8H17NOS/c1-7(2)5-9-8(3)6-11(4)10/h8-9H,1,5-6H2,2-4H3. The molecule has 0 amide bonds. The van der Waals surface area contributed by atoms with Gasteiger partial charge in [0.15, 0.2) is 0 Å². The Hall–Kier alpha value is -0.150. The van der Waals surface area contributed by atoms with Crippen LogP contribution in [0.25, 0.3) is 0 Å². The van der Waals surface area contributed by atoms with E-state index in [4.69, 9.17) is 0 Å². The van der Waals surface area contributed by atoms with E-state index in [1.54, 1.807) is 6.26 Å². The van der Waals surface area contributed by atoms with Crippen LogP contribution < -0.4 is 5.32 Å². The van der Waals surface area contributed by atoms with Gasteiger partial charge in [-0.3, -0.25) is 4.21 Å². The normalized spacial score (nSPS) is 15.9. The van der Waals surface area contributed by atoms with Crippen molar-refractivity contribution in [3.8, 4) is 0 Å². The van der Waals surface area contributed by atoms with E-state index in [0.717, 1.165) is 12.1 Å². The highest BCUT2D eigenvalue weighted by Crippen LogP contribution is 1.88. The summed E-state index contributed by atoms with van der Waals surface area (Å²) in [4.78, 5) is 0. The molecule has 0 heterocycles. The molecule has 0 aromatic carbocycles. The predicted molar refractivity (Wildman–Crippen MR) is 51.2 cm³/mol. The van der Waals surface area contributed by atoms with Gasteiger partial charge in [-0.2, -0.15) is 0 Å². The van der Waals surface area contributed by atoms with Gasteiger partial charge in [0.1, 0.15) is 0 Å². The third-order valence-electron chi connectivity index (χ3n) is 1.24. The van der Waals surface area contributed by atoms with Crippen molar-refractivity contribution in [2.45, 2.75) is 19.9 Å². The summed E-state index contributed by atoms with van der Waals surface area (Å²) < 4.78 is 10.7. The van der Waals surface area contributed by atoms with Gasteiger partial charge < -0.3 is 5.32 Å². The first-order valence-electron chi connectivity index (χ1n) is 3.70. The minimum Gasteiger partial charge on any atom is -0.310 e.